The molecule has 0 saturated carbocycles. The fourth-order valence-corrected chi connectivity index (χ4v) is 0.505. The molecule has 0 radical (unpaired) electrons. The van der Waals surface area contributed by atoms with Crippen LogP contribution in [0, 0.1) is 0 Å². The first-order valence-electron chi connectivity index (χ1n) is 3.75. The Labute approximate surface area is 129 Å². The molecule has 3 N–H and O–H groups in total. The van der Waals surface area contributed by atoms with Gasteiger partial charge in [0.25, 0.3) is 0 Å². The predicted octanol–water partition coefficient (Wildman–Crippen LogP) is -2.88. The maximum absolute atomic E-state index is 9.70. The number of aliphatic hydroxyl groups excluding tert-OH is 1. The van der Waals surface area contributed by atoms with Crippen LogP contribution in [0.1, 0.15) is 15.3 Å². The van der Waals surface area contributed by atoms with Gasteiger partial charge in [-0.25, -0.2) is 4.57 Å². The van der Waals surface area contributed by atoms with Crippen LogP contribution in [0.25, 0.3) is 0 Å². The van der Waals surface area contributed by atoms with E-state index in [2.05, 4.69) is 4.52 Å². The molecule has 0 aromatic heterocycles. The third kappa shape index (κ3) is 23.5. The zero-order valence-electron chi connectivity index (χ0n) is 10.3. The van der Waals surface area contributed by atoms with Crippen LogP contribution in [0.4, 0.5) is 0 Å². The first kappa shape index (κ1) is 21.0. The quantitative estimate of drug-likeness (QED) is 0.285. The SMILES string of the molecule is CC(O)N(C)C.CCOP(=O)(O)O.[H-].[K+]. The molecule has 0 aliphatic rings. The number of phosphoric acid groups is 1. The summed E-state index contributed by atoms with van der Waals surface area (Å²) in [6.07, 6.45) is -0.315. The Bertz CT molecular complexity index is 160. The third-order valence-electron chi connectivity index (χ3n) is 1.04. The fourth-order valence-electron chi connectivity index (χ4n) is 0.168. The van der Waals surface area contributed by atoms with Gasteiger partial charge in [0.1, 0.15) is 6.23 Å². The molecule has 14 heavy (non-hydrogen) atoms. The van der Waals surface area contributed by atoms with Gasteiger partial charge in [0.05, 0.1) is 6.61 Å². The second-order valence-corrected chi connectivity index (χ2v) is 3.74. The molecule has 84 valence electrons. The van der Waals surface area contributed by atoms with E-state index >= 15 is 0 Å². The van der Waals surface area contributed by atoms with E-state index < -0.39 is 7.82 Å². The minimum atomic E-state index is -4.17. The summed E-state index contributed by atoms with van der Waals surface area (Å²) in [5.41, 5.74) is 0. The molecule has 6 nitrogen and oxygen atoms in total. The summed E-state index contributed by atoms with van der Waals surface area (Å²) >= 11 is 0. The number of phosphoric ester groups is 1. The number of hydrogen-bond acceptors (Lipinski definition) is 4. The van der Waals surface area contributed by atoms with Crippen LogP contribution in [-0.2, 0) is 9.09 Å². The Hall–Kier alpha value is 1.67. The molecule has 0 fully saturated rings. The first-order chi connectivity index (χ1) is 5.70. The zero-order valence-corrected chi connectivity index (χ0v) is 13.4. The van der Waals surface area contributed by atoms with Crippen LogP contribution < -0.4 is 51.4 Å². The minimum absolute atomic E-state index is 0. The molecule has 0 heterocycles. The summed E-state index contributed by atoms with van der Waals surface area (Å²) in [4.78, 5) is 17.5. The first-order valence-corrected chi connectivity index (χ1v) is 5.28. The molecule has 0 aromatic carbocycles. The maximum Gasteiger partial charge on any atom is 1.00 e. The van der Waals surface area contributed by atoms with Crippen LogP contribution in [0.15, 0.2) is 0 Å². The summed E-state index contributed by atoms with van der Waals surface area (Å²) in [6.45, 7) is 3.28. The van der Waals surface area contributed by atoms with Crippen molar-refractivity contribution in [2.24, 2.45) is 0 Å². The topological polar surface area (TPSA) is 90.2 Å². The standard InChI is InChI=1S/C4H11NO.C2H7O4P.K.H/c1-4(6)5(2)3;1-2-6-7(3,4)5;;/h4,6H,1-3H3;2H2,1H3,(H2,3,4,5);;/q;;+1;-1. The van der Waals surface area contributed by atoms with Gasteiger partial charge >= 0.3 is 59.2 Å². The van der Waals surface area contributed by atoms with E-state index in [0.29, 0.717) is 0 Å². The van der Waals surface area contributed by atoms with Crippen LogP contribution in [0.3, 0.4) is 0 Å². The Balaban J connectivity index is -0.0000000718. The summed E-state index contributed by atoms with van der Waals surface area (Å²) in [5.74, 6) is 0. The molecule has 8 heteroatoms. The summed E-state index contributed by atoms with van der Waals surface area (Å²) < 4.78 is 13.6. The molecule has 0 aliphatic heterocycles. The van der Waals surface area contributed by atoms with Crippen molar-refractivity contribution in [3.8, 4) is 0 Å². The van der Waals surface area contributed by atoms with Gasteiger partial charge in [-0.1, -0.05) is 0 Å². The monoisotopic (exact) mass is 255 g/mol. The molecule has 0 aromatic rings. The van der Waals surface area contributed by atoms with Crippen molar-refractivity contribution in [1.82, 2.24) is 4.90 Å². The van der Waals surface area contributed by atoms with Crippen LogP contribution in [0.2, 0.25) is 0 Å². The maximum atomic E-state index is 9.70. The molecule has 0 amide bonds. The second-order valence-electron chi connectivity index (χ2n) is 2.50. The van der Waals surface area contributed by atoms with Gasteiger partial charge < -0.3 is 16.3 Å². The summed E-state index contributed by atoms with van der Waals surface area (Å²) in [7, 11) is -0.518. The van der Waals surface area contributed by atoms with E-state index in [9.17, 15) is 4.57 Å². The number of hydrogen-bond donors (Lipinski definition) is 3. The van der Waals surface area contributed by atoms with Crippen molar-refractivity contribution >= 4 is 7.82 Å². The fraction of sp³-hybridized carbons (Fsp3) is 1.00. The average molecular weight is 255 g/mol. The van der Waals surface area contributed by atoms with Gasteiger partial charge in [-0.3, -0.25) is 9.42 Å². The van der Waals surface area contributed by atoms with Crippen molar-refractivity contribution in [3.05, 3.63) is 0 Å². The largest absolute Gasteiger partial charge is 1.00 e. The van der Waals surface area contributed by atoms with E-state index in [4.69, 9.17) is 14.9 Å². The Morgan fingerprint density at radius 3 is 1.79 bits per heavy atom. The second kappa shape index (κ2) is 11.2. The average Bonchev–Trinajstić information content (AvgIpc) is 1.85. The number of nitrogens with zero attached hydrogens (tertiary/aromatic N) is 1. The Morgan fingerprint density at radius 2 is 1.79 bits per heavy atom. The summed E-state index contributed by atoms with van der Waals surface area (Å²) in [5, 5.41) is 8.56. The molecular weight excluding hydrogens is 236 g/mol. The smallest absolute Gasteiger partial charge is 1.00 e. The van der Waals surface area contributed by atoms with E-state index in [1.807, 2.05) is 14.1 Å². The van der Waals surface area contributed by atoms with Crippen LogP contribution >= 0.6 is 7.82 Å². The van der Waals surface area contributed by atoms with E-state index in [1.54, 1.807) is 11.8 Å². The predicted molar refractivity (Wildman–Crippen MR) is 50.1 cm³/mol. The van der Waals surface area contributed by atoms with Gasteiger partial charge in [0.15, 0.2) is 0 Å². The van der Waals surface area contributed by atoms with Crippen molar-refractivity contribution < 1.29 is 76.8 Å². The van der Waals surface area contributed by atoms with Gasteiger partial charge in [0, 0.05) is 0 Å². The van der Waals surface area contributed by atoms with Gasteiger partial charge in [-0.2, -0.15) is 0 Å². The molecule has 0 bridgehead atoms. The van der Waals surface area contributed by atoms with Crippen LogP contribution in [0.5, 0.6) is 0 Å². The Kier molecular flexibility index (Phi) is 16.7. The third-order valence-corrected chi connectivity index (χ3v) is 1.64. The van der Waals surface area contributed by atoms with E-state index in [-0.39, 0.29) is 65.6 Å². The van der Waals surface area contributed by atoms with Gasteiger partial charge in [-0.15, -0.1) is 0 Å². The zero-order chi connectivity index (χ0) is 11.1. The van der Waals surface area contributed by atoms with Crippen molar-refractivity contribution in [3.63, 3.8) is 0 Å². The Morgan fingerprint density at radius 1 is 1.50 bits per heavy atom. The molecule has 1 unspecified atom stereocenters. The molecule has 0 rings (SSSR count). The molecular formula is C6H19KNO5P. The normalized spacial score (nSPS) is 12.6. The molecule has 0 saturated heterocycles. The van der Waals surface area contributed by atoms with Crippen molar-refractivity contribution in [2.45, 2.75) is 20.1 Å². The molecule has 1 atom stereocenters. The van der Waals surface area contributed by atoms with Gasteiger partial charge in [0.2, 0.25) is 0 Å². The van der Waals surface area contributed by atoms with Crippen molar-refractivity contribution in [1.29, 1.82) is 0 Å². The minimum Gasteiger partial charge on any atom is -1.00 e. The number of aliphatic hydroxyl groups is 1. The van der Waals surface area contributed by atoms with E-state index in [1.165, 1.54) is 6.92 Å². The van der Waals surface area contributed by atoms with Gasteiger partial charge in [-0.05, 0) is 27.9 Å². The summed E-state index contributed by atoms with van der Waals surface area (Å²) in [6, 6.07) is 0. The van der Waals surface area contributed by atoms with E-state index in [0.717, 1.165) is 0 Å². The molecule has 0 aliphatic carbocycles. The van der Waals surface area contributed by atoms with Crippen molar-refractivity contribution in [2.75, 3.05) is 20.7 Å². The van der Waals surface area contributed by atoms with Crippen LogP contribution in [-0.4, -0.2) is 46.7 Å². The number of rotatable bonds is 3. The molecule has 0 spiro atoms.